The lowest BCUT2D eigenvalue weighted by Crippen LogP contribution is -1.84. The summed E-state index contributed by atoms with van der Waals surface area (Å²) in [6, 6.07) is 16.1. The molecule has 2 aromatic carbocycles. The quantitative estimate of drug-likeness (QED) is 0.758. The van der Waals surface area contributed by atoms with Crippen LogP contribution in [0.3, 0.4) is 0 Å². The Morgan fingerprint density at radius 1 is 1.10 bits per heavy atom. The first kappa shape index (κ1) is 12.3. The number of methoxy groups -OCH3 is 1. The van der Waals surface area contributed by atoms with E-state index in [9.17, 15) is 5.26 Å². The number of hydrogen-bond donors (Lipinski definition) is 1. The minimum absolute atomic E-state index is 0.689. The Hall–Kier alpha value is -2.73. The monoisotopic (exact) mass is 262 g/mol. The van der Waals surface area contributed by atoms with E-state index in [2.05, 4.69) is 11.1 Å². The maximum atomic E-state index is 9.46. The number of aromatic nitrogens is 1. The Kier molecular flexibility index (Phi) is 2.92. The smallest absolute Gasteiger partial charge is 0.118 e. The molecule has 3 nitrogen and oxygen atoms in total. The van der Waals surface area contributed by atoms with Gasteiger partial charge in [-0.3, -0.25) is 0 Å². The van der Waals surface area contributed by atoms with Gasteiger partial charge in [0.25, 0.3) is 0 Å². The Morgan fingerprint density at radius 3 is 2.50 bits per heavy atom. The van der Waals surface area contributed by atoms with Crippen molar-refractivity contribution in [1.29, 1.82) is 5.26 Å². The minimum Gasteiger partial charge on any atom is -0.497 e. The summed E-state index contributed by atoms with van der Waals surface area (Å²) in [5.41, 5.74) is 4.66. The maximum Gasteiger partial charge on any atom is 0.118 e. The number of nitrogens with one attached hydrogen (secondary N) is 1. The lowest BCUT2D eigenvalue weighted by Gasteiger charge is -2.02. The molecule has 0 aliphatic heterocycles. The molecule has 1 aromatic heterocycles. The Morgan fingerprint density at radius 2 is 1.85 bits per heavy atom. The average Bonchev–Trinajstić information content (AvgIpc) is 2.85. The number of fused-ring (bicyclic) bond motifs is 1. The van der Waals surface area contributed by atoms with Crippen LogP contribution in [0.1, 0.15) is 11.1 Å². The normalized spacial score (nSPS) is 10.4. The van der Waals surface area contributed by atoms with Crippen LogP contribution in [0.2, 0.25) is 0 Å². The van der Waals surface area contributed by atoms with Gasteiger partial charge in [-0.15, -0.1) is 0 Å². The molecule has 0 atom stereocenters. The topological polar surface area (TPSA) is 48.8 Å². The van der Waals surface area contributed by atoms with E-state index >= 15 is 0 Å². The molecule has 0 saturated carbocycles. The molecule has 3 aromatic rings. The lowest BCUT2D eigenvalue weighted by atomic mass is 10.1. The lowest BCUT2D eigenvalue weighted by molar-refractivity contribution is 0.415. The molecule has 0 saturated heterocycles. The SMILES string of the molecule is COc1ccc(-c2[nH]c3ccc(C)cc3c2C#N)cc1. The number of hydrogen-bond acceptors (Lipinski definition) is 2. The molecule has 0 radical (unpaired) electrons. The second-order valence-corrected chi connectivity index (χ2v) is 4.76. The van der Waals surface area contributed by atoms with Gasteiger partial charge in [0, 0.05) is 10.9 Å². The Bertz CT molecular complexity index is 807. The standard InChI is InChI=1S/C17H14N2O/c1-11-3-8-16-14(9-11)15(10-18)17(19-16)12-4-6-13(20-2)7-5-12/h3-9,19H,1-2H3. The molecule has 3 rings (SSSR count). The molecular weight excluding hydrogens is 248 g/mol. The molecular formula is C17H14N2O. The Labute approximate surface area is 117 Å². The van der Waals surface area contributed by atoms with Gasteiger partial charge >= 0.3 is 0 Å². The molecule has 0 amide bonds. The van der Waals surface area contributed by atoms with E-state index in [4.69, 9.17) is 4.74 Å². The summed E-state index contributed by atoms with van der Waals surface area (Å²) in [6.07, 6.45) is 0. The molecule has 0 aliphatic rings. The van der Waals surface area contributed by atoms with Gasteiger partial charge < -0.3 is 9.72 Å². The summed E-state index contributed by atoms with van der Waals surface area (Å²) >= 11 is 0. The molecule has 0 bridgehead atoms. The van der Waals surface area contributed by atoms with E-state index in [1.54, 1.807) is 7.11 Å². The second-order valence-electron chi connectivity index (χ2n) is 4.76. The fourth-order valence-electron chi connectivity index (χ4n) is 2.40. The molecule has 0 spiro atoms. The summed E-state index contributed by atoms with van der Waals surface area (Å²) in [7, 11) is 1.64. The molecule has 20 heavy (non-hydrogen) atoms. The van der Waals surface area contributed by atoms with Crippen molar-refractivity contribution >= 4 is 10.9 Å². The van der Waals surface area contributed by atoms with Gasteiger partial charge in [-0.25, -0.2) is 0 Å². The number of ether oxygens (including phenoxy) is 1. The number of nitriles is 1. The first-order chi connectivity index (χ1) is 9.72. The number of aryl methyl sites for hydroxylation is 1. The Balaban J connectivity index is 2.22. The zero-order chi connectivity index (χ0) is 14.1. The highest BCUT2D eigenvalue weighted by molar-refractivity contribution is 5.93. The van der Waals surface area contributed by atoms with Crippen LogP contribution in [0.5, 0.6) is 5.75 Å². The highest BCUT2D eigenvalue weighted by Crippen LogP contribution is 2.31. The van der Waals surface area contributed by atoms with Gasteiger partial charge in [-0.1, -0.05) is 11.6 Å². The van der Waals surface area contributed by atoms with Crippen LogP contribution in [-0.4, -0.2) is 12.1 Å². The number of rotatable bonds is 2. The zero-order valence-corrected chi connectivity index (χ0v) is 11.4. The van der Waals surface area contributed by atoms with Crippen molar-refractivity contribution in [1.82, 2.24) is 4.98 Å². The van der Waals surface area contributed by atoms with Gasteiger partial charge in [0.1, 0.15) is 11.8 Å². The van der Waals surface area contributed by atoms with Crippen LogP contribution in [-0.2, 0) is 0 Å². The van der Waals surface area contributed by atoms with Gasteiger partial charge in [-0.2, -0.15) is 5.26 Å². The summed E-state index contributed by atoms with van der Waals surface area (Å²) in [5.74, 6) is 0.805. The van der Waals surface area contributed by atoms with Crippen molar-refractivity contribution in [2.45, 2.75) is 6.92 Å². The molecule has 1 N–H and O–H groups in total. The third-order valence-electron chi connectivity index (χ3n) is 3.44. The van der Waals surface area contributed by atoms with Crippen molar-refractivity contribution in [2.75, 3.05) is 7.11 Å². The minimum atomic E-state index is 0.689. The van der Waals surface area contributed by atoms with Gasteiger partial charge in [0.05, 0.1) is 18.4 Å². The highest BCUT2D eigenvalue weighted by atomic mass is 16.5. The third-order valence-corrected chi connectivity index (χ3v) is 3.44. The van der Waals surface area contributed by atoms with Crippen LogP contribution in [0.25, 0.3) is 22.2 Å². The maximum absolute atomic E-state index is 9.46. The van der Waals surface area contributed by atoms with Gasteiger partial charge in [0.15, 0.2) is 0 Å². The van der Waals surface area contributed by atoms with Crippen molar-refractivity contribution in [3.05, 3.63) is 53.6 Å². The zero-order valence-electron chi connectivity index (χ0n) is 11.4. The van der Waals surface area contributed by atoms with Crippen LogP contribution < -0.4 is 4.74 Å². The third kappa shape index (κ3) is 1.92. The van der Waals surface area contributed by atoms with Crippen molar-refractivity contribution < 1.29 is 4.74 Å². The molecule has 1 heterocycles. The first-order valence-electron chi connectivity index (χ1n) is 6.40. The molecule has 98 valence electrons. The van der Waals surface area contributed by atoms with Gasteiger partial charge in [0.2, 0.25) is 0 Å². The van der Waals surface area contributed by atoms with E-state index in [-0.39, 0.29) is 0 Å². The summed E-state index contributed by atoms with van der Waals surface area (Å²) in [6.45, 7) is 2.03. The summed E-state index contributed by atoms with van der Waals surface area (Å²) < 4.78 is 5.16. The van der Waals surface area contributed by atoms with Crippen molar-refractivity contribution in [2.24, 2.45) is 0 Å². The van der Waals surface area contributed by atoms with E-state index in [0.717, 1.165) is 33.5 Å². The van der Waals surface area contributed by atoms with E-state index < -0.39 is 0 Å². The van der Waals surface area contributed by atoms with E-state index in [1.165, 1.54) is 0 Å². The van der Waals surface area contributed by atoms with Crippen LogP contribution >= 0.6 is 0 Å². The van der Waals surface area contributed by atoms with E-state index in [1.807, 2.05) is 49.4 Å². The van der Waals surface area contributed by atoms with Crippen molar-refractivity contribution in [3.63, 3.8) is 0 Å². The van der Waals surface area contributed by atoms with Gasteiger partial charge in [-0.05, 0) is 48.9 Å². The number of benzene rings is 2. The molecule has 0 fully saturated rings. The fraction of sp³-hybridized carbons (Fsp3) is 0.118. The molecule has 0 aliphatic carbocycles. The fourth-order valence-corrected chi connectivity index (χ4v) is 2.40. The summed E-state index contributed by atoms with van der Waals surface area (Å²) in [5, 5.41) is 10.4. The second kappa shape index (κ2) is 4.75. The van der Waals surface area contributed by atoms with E-state index in [0.29, 0.717) is 5.56 Å². The number of nitrogens with zero attached hydrogens (tertiary/aromatic N) is 1. The van der Waals surface area contributed by atoms with Crippen LogP contribution in [0.15, 0.2) is 42.5 Å². The van der Waals surface area contributed by atoms with Crippen LogP contribution in [0.4, 0.5) is 0 Å². The first-order valence-corrected chi connectivity index (χ1v) is 6.40. The van der Waals surface area contributed by atoms with Crippen LogP contribution in [0, 0.1) is 18.3 Å². The predicted octanol–water partition coefficient (Wildman–Crippen LogP) is 4.02. The summed E-state index contributed by atoms with van der Waals surface area (Å²) in [4.78, 5) is 3.33. The molecule has 0 unspecified atom stereocenters. The largest absolute Gasteiger partial charge is 0.497 e. The number of H-pyrrole nitrogens is 1. The highest BCUT2D eigenvalue weighted by Gasteiger charge is 2.12. The number of aromatic amines is 1. The predicted molar refractivity (Wildman–Crippen MR) is 79.7 cm³/mol. The molecule has 3 heteroatoms. The average molecular weight is 262 g/mol. The van der Waals surface area contributed by atoms with Crippen molar-refractivity contribution in [3.8, 4) is 23.1 Å².